The number of carbonyl (C=O) groups excluding carboxylic acids is 1. The molecule has 1 heterocycles. The van der Waals surface area contributed by atoms with Crippen molar-refractivity contribution >= 4 is 44.8 Å². The molecule has 0 bridgehead atoms. The Bertz CT molecular complexity index is 648. The van der Waals surface area contributed by atoms with Gasteiger partial charge in [-0.25, -0.2) is 4.79 Å². The van der Waals surface area contributed by atoms with Crippen molar-refractivity contribution in [2.75, 3.05) is 0 Å². The smallest absolute Gasteiger partial charge is 0.353 e. The molecule has 1 aromatic heterocycles. The van der Waals surface area contributed by atoms with Gasteiger partial charge in [-0.2, -0.15) is 5.26 Å². The predicted octanol–water partition coefficient (Wildman–Crippen LogP) is 4.25. The highest BCUT2D eigenvalue weighted by Crippen LogP contribution is 2.28. The van der Waals surface area contributed by atoms with Crippen LogP contribution in [-0.2, 0) is 0 Å². The summed E-state index contributed by atoms with van der Waals surface area (Å²) in [5, 5.41) is 8.93. The van der Waals surface area contributed by atoms with Crippen LogP contribution in [0.5, 0.6) is 5.75 Å². The number of ether oxygens (including phenoxy) is 1. The maximum absolute atomic E-state index is 11.8. The number of nitriles is 1. The fourth-order valence-corrected chi connectivity index (χ4v) is 2.71. The van der Waals surface area contributed by atoms with E-state index in [1.165, 1.54) is 23.5 Å². The summed E-state index contributed by atoms with van der Waals surface area (Å²) >= 11 is 10.5. The SMILES string of the molecule is N#Cc1ccc(OC(=O)c2ccc(Br)s2)c(Cl)c1. The van der Waals surface area contributed by atoms with Gasteiger partial charge in [0.1, 0.15) is 10.6 Å². The minimum Gasteiger partial charge on any atom is -0.421 e. The second kappa shape index (κ2) is 5.53. The van der Waals surface area contributed by atoms with Crippen LogP contribution in [0, 0.1) is 11.3 Å². The first-order valence-corrected chi connectivity index (χ1v) is 6.76. The number of thiophene rings is 1. The number of benzene rings is 1. The first-order valence-electron chi connectivity index (χ1n) is 4.77. The summed E-state index contributed by atoms with van der Waals surface area (Å²) in [5.41, 5.74) is 0.415. The first kappa shape index (κ1) is 13.1. The Balaban J connectivity index is 2.20. The molecule has 0 spiro atoms. The highest BCUT2D eigenvalue weighted by Gasteiger charge is 2.13. The number of nitrogens with zero attached hydrogens (tertiary/aromatic N) is 1. The second-order valence-corrected chi connectivity index (χ2v) is 6.12. The van der Waals surface area contributed by atoms with Crippen molar-refractivity contribution in [1.82, 2.24) is 0 Å². The average molecular weight is 343 g/mol. The van der Waals surface area contributed by atoms with Crippen LogP contribution in [0.15, 0.2) is 34.1 Å². The van der Waals surface area contributed by atoms with Crippen LogP contribution in [0.1, 0.15) is 15.2 Å². The van der Waals surface area contributed by atoms with E-state index < -0.39 is 5.97 Å². The van der Waals surface area contributed by atoms with Crippen LogP contribution < -0.4 is 4.74 Å². The highest BCUT2D eigenvalue weighted by molar-refractivity contribution is 9.11. The summed E-state index contributed by atoms with van der Waals surface area (Å²) in [5.74, 6) is -0.234. The molecule has 1 aromatic carbocycles. The summed E-state index contributed by atoms with van der Waals surface area (Å²) in [4.78, 5) is 12.3. The molecule has 0 radical (unpaired) electrons. The Morgan fingerprint density at radius 1 is 1.39 bits per heavy atom. The summed E-state index contributed by atoms with van der Waals surface area (Å²) in [6.45, 7) is 0. The fourth-order valence-electron chi connectivity index (χ4n) is 1.23. The van der Waals surface area contributed by atoms with Crippen molar-refractivity contribution in [3.63, 3.8) is 0 Å². The van der Waals surface area contributed by atoms with E-state index in [1.807, 2.05) is 6.07 Å². The molecule has 0 atom stereocenters. The first-order chi connectivity index (χ1) is 8.60. The molecule has 3 nitrogen and oxygen atoms in total. The fraction of sp³-hybridized carbons (Fsp3) is 0. The Hall–Kier alpha value is -1.35. The monoisotopic (exact) mass is 341 g/mol. The third-order valence-electron chi connectivity index (χ3n) is 2.04. The molecule has 0 amide bonds. The average Bonchev–Trinajstić information content (AvgIpc) is 2.78. The molecule has 0 aliphatic carbocycles. The number of rotatable bonds is 2. The normalized spacial score (nSPS) is 9.83. The standard InChI is InChI=1S/C12H5BrClNO2S/c13-11-4-3-10(18-11)12(16)17-9-2-1-7(6-15)5-8(9)14/h1-5H. The van der Waals surface area contributed by atoms with E-state index in [2.05, 4.69) is 15.9 Å². The zero-order valence-electron chi connectivity index (χ0n) is 8.81. The van der Waals surface area contributed by atoms with Crippen LogP contribution in [0.3, 0.4) is 0 Å². The largest absolute Gasteiger partial charge is 0.421 e. The van der Waals surface area contributed by atoms with Crippen LogP contribution >= 0.6 is 38.9 Å². The molecule has 0 aliphatic rings. The van der Waals surface area contributed by atoms with E-state index in [9.17, 15) is 4.79 Å². The molecule has 90 valence electrons. The molecule has 0 unspecified atom stereocenters. The van der Waals surface area contributed by atoms with E-state index in [-0.39, 0.29) is 10.8 Å². The lowest BCUT2D eigenvalue weighted by Gasteiger charge is -2.04. The summed E-state index contributed by atoms with van der Waals surface area (Å²) in [7, 11) is 0. The quantitative estimate of drug-likeness (QED) is 0.605. The molecule has 0 N–H and O–H groups in total. The van der Waals surface area contributed by atoms with Gasteiger partial charge in [0.25, 0.3) is 0 Å². The van der Waals surface area contributed by atoms with Crippen LogP contribution in [0.25, 0.3) is 0 Å². The van der Waals surface area contributed by atoms with Gasteiger partial charge >= 0.3 is 5.97 Å². The molecule has 2 rings (SSSR count). The van der Waals surface area contributed by atoms with Gasteiger partial charge in [-0.05, 0) is 46.3 Å². The van der Waals surface area contributed by atoms with Gasteiger partial charge < -0.3 is 4.74 Å². The number of esters is 1. The van der Waals surface area contributed by atoms with E-state index in [0.717, 1.165) is 3.79 Å². The lowest BCUT2D eigenvalue weighted by Crippen LogP contribution is -2.06. The van der Waals surface area contributed by atoms with Crippen molar-refractivity contribution in [3.8, 4) is 11.8 Å². The zero-order valence-corrected chi connectivity index (χ0v) is 12.0. The third kappa shape index (κ3) is 2.91. The van der Waals surface area contributed by atoms with Gasteiger partial charge in [-0.3, -0.25) is 0 Å². The molecule has 0 saturated heterocycles. The van der Waals surface area contributed by atoms with Crippen molar-refractivity contribution in [2.45, 2.75) is 0 Å². The van der Waals surface area contributed by atoms with Gasteiger partial charge in [0.05, 0.1) is 20.4 Å². The van der Waals surface area contributed by atoms with E-state index >= 15 is 0 Å². The highest BCUT2D eigenvalue weighted by atomic mass is 79.9. The summed E-state index contributed by atoms with van der Waals surface area (Å²) < 4.78 is 6.00. The Labute approximate surface area is 121 Å². The number of hydrogen-bond acceptors (Lipinski definition) is 4. The maximum atomic E-state index is 11.8. The Morgan fingerprint density at radius 3 is 2.72 bits per heavy atom. The Morgan fingerprint density at radius 2 is 2.17 bits per heavy atom. The van der Waals surface area contributed by atoms with Gasteiger partial charge in [0.15, 0.2) is 0 Å². The van der Waals surface area contributed by atoms with E-state index in [1.54, 1.807) is 18.2 Å². The second-order valence-electron chi connectivity index (χ2n) is 3.25. The molecule has 2 aromatic rings. The third-order valence-corrected chi connectivity index (χ3v) is 3.94. The molecule has 0 saturated carbocycles. The van der Waals surface area contributed by atoms with Crippen molar-refractivity contribution in [1.29, 1.82) is 5.26 Å². The number of halogens is 2. The molecular formula is C12H5BrClNO2S. The topological polar surface area (TPSA) is 50.1 Å². The van der Waals surface area contributed by atoms with Crippen LogP contribution in [0.4, 0.5) is 0 Å². The van der Waals surface area contributed by atoms with Gasteiger partial charge in [0.2, 0.25) is 0 Å². The van der Waals surface area contributed by atoms with Crippen LogP contribution in [-0.4, -0.2) is 5.97 Å². The van der Waals surface area contributed by atoms with Crippen molar-refractivity contribution in [3.05, 3.63) is 49.6 Å². The maximum Gasteiger partial charge on any atom is 0.353 e. The lowest BCUT2D eigenvalue weighted by atomic mass is 10.2. The van der Waals surface area contributed by atoms with Crippen molar-refractivity contribution < 1.29 is 9.53 Å². The molecule has 18 heavy (non-hydrogen) atoms. The molecule has 6 heteroatoms. The Kier molecular flexibility index (Phi) is 4.02. The number of carbonyl (C=O) groups is 1. The lowest BCUT2D eigenvalue weighted by molar-refractivity contribution is 0.0740. The van der Waals surface area contributed by atoms with Gasteiger partial charge in [0, 0.05) is 0 Å². The minimum absolute atomic E-state index is 0.234. The summed E-state index contributed by atoms with van der Waals surface area (Å²) in [6, 6.07) is 9.88. The zero-order chi connectivity index (χ0) is 13.1. The van der Waals surface area contributed by atoms with Crippen LogP contribution in [0.2, 0.25) is 5.02 Å². The molecule has 0 fully saturated rings. The number of hydrogen-bond donors (Lipinski definition) is 0. The summed E-state index contributed by atoms with van der Waals surface area (Å²) in [6.07, 6.45) is 0. The van der Waals surface area contributed by atoms with Gasteiger partial charge in [-0.1, -0.05) is 11.6 Å². The minimum atomic E-state index is -0.475. The predicted molar refractivity (Wildman–Crippen MR) is 73.1 cm³/mol. The van der Waals surface area contributed by atoms with Crippen molar-refractivity contribution in [2.24, 2.45) is 0 Å². The molecular weight excluding hydrogens is 338 g/mol. The van der Waals surface area contributed by atoms with E-state index in [4.69, 9.17) is 21.6 Å². The van der Waals surface area contributed by atoms with Gasteiger partial charge in [-0.15, -0.1) is 11.3 Å². The van der Waals surface area contributed by atoms with E-state index in [0.29, 0.717) is 10.4 Å². The molecule has 0 aliphatic heterocycles.